The van der Waals surface area contributed by atoms with Crippen molar-refractivity contribution in [1.29, 1.82) is 0 Å². The molecular formula is C19H14F8N6O3. The molecule has 0 radical (unpaired) electrons. The summed E-state index contributed by atoms with van der Waals surface area (Å²) in [5, 5.41) is 14.6. The molecule has 0 saturated carbocycles. The molecule has 1 amide bonds. The summed E-state index contributed by atoms with van der Waals surface area (Å²) in [5.41, 5.74) is -5.67. The van der Waals surface area contributed by atoms with Gasteiger partial charge in [-0.15, -0.1) is 0 Å². The summed E-state index contributed by atoms with van der Waals surface area (Å²) in [7, 11) is 0. The van der Waals surface area contributed by atoms with Crippen LogP contribution >= 0.6 is 0 Å². The molecule has 17 heteroatoms. The molecule has 1 aliphatic heterocycles. The van der Waals surface area contributed by atoms with Crippen molar-refractivity contribution in [2.24, 2.45) is 0 Å². The van der Waals surface area contributed by atoms with Gasteiger partial charge in [0.25, 0.3) is 11.5 Å². The monoisotopic (exact) mass is 526 g/mol. The Balaban J connectivity index is 1.84. The molecule has 3 aromatic heterocycles. The zero-order valence-electron chi connectivity index (χ0n) is 17.9. The van der Waals surface area contributed by atoms with Gasteiger partial charge in [0.1, 0.15) is 29.4 Å². The third-order valence-electron chi connectivity index (χ3n) is 5.87. The number of alkyl halides is 7. The van der Waals surface area contributed by atoms with Crippen LogP contribution in [0.1, 0.15) is 18.9 Å². The van der Waals surface area contributed by atoms with Crippen LogP contribution in [0.5, 0.6) is 0 Å². The van der Waals surface area contributed by atoms with E-state index in [1.807, 2.05) is 5.32 Å². The number of rotatable bonds is 6. The lowest BCUT2D eigenvalue weighted by atomic mass is 9.79. The number of fused-ring (bicyclic) bond motifs is 2. The summed E-state index contributed by atoms with van der Waals surface area (Å²) in [5.74, 6) is -12.7. The number of H-pyrrole nitrogens is 1. The van der Waals surface area contributed by atoms with E-state index in [9.17, 15) is 44.7 Å². The van der Waals surface area contributed by atoms with E-state index < -0.39 is 83.2 Å². The zero-order chi connectivity index (χ0) is 26.8. The molecule has 0 aliphatic carbocycles. The Morgan fingerprint density at radius 2 is 1.81 bits per heavy atom. The van der Waals surface area contributed by atoms with Gasteiger partial charge >= 0.3 is 12.1 Å². The first-order chi connectivity index (χ1) is 16.5. The highest BCUT2D eigenvalue weighted by Gasteiger charge is 2.62. The summed E-state index contributed by atoms with van der Waals surface area (Å²) in [6.45, 7) is -2.10. The van der Waals surface area contributed by atoms with Gasteiger partial charge in [-0.1, -0.05) is 0 Å². The Bertz CT molecular complexity index is 1430. The molecule has 36 heavy (non-hydrogen) atoms. The second-order valence-electron chi connectivity index (χ2n) is 8.13. The number of nitrogens with one attached hydrogen (secondary N) is 2. The number of aliphatic hydroxyl groups excluding tert-OH is 1. The highest BCUT2D eigenvalue weighted by Crippen LogP contribution is 2.45. The fourth-order valence-electron chi connectivity index (χ4n) is 3.75. The highest BCUT2D eigenvalue weighted by molar-refractivity contribution is 6.06. The van der Waals surface area contributed by atoms with Gasteiger partial charge in [0.2, 0.25) is 5.91 Å². The molecule has 194 valence electrons. The minimum Gasteiger partial charge on any atom is -0.390 e. The van der Waals surface area contributed by atoms with E-state index in [2.05, 4.69) is 20.1 Å². The Hall–Kier alpha value is -3.63. The van der Waals surface area contributed by atoms with Gasteiger partial charge in [0.15, 0.2) is 11.5 Å². The predicted octanol–water partition coefficient (Wildman–Crippen LogP) is 2.75. The zero-order valence-corrected chi connectivity index (χ0v) is 17.9. The van der Waals surface area contributed by atoms with Crippen LogP contribution < -0.4 is 10.9 Å². The SMILES string of the molecule is CC1(C(F)(F)CO)C(=O)Nc2nc(-c3nn(CCC(F)(F)C(F)(F)F)c4ncc(F)cc34)[nH]c(=O)c21. The standard InChI is InChI=1S/C19H14F8N6O3/c1-16(18(23,24)6-34)9-11(31-15(16)36)29-12(30-14(9)35)10-8-4-7(20)5-28-13(8)33(32-10)3-2-17(21,22)19(25,26)27/h4-5,34H,2-3,6H2,1H3,(H2,29,30,31,35,36). The number of aliphatic hydroxyl groups is 1. The van der Waals surface area contributed by atoms with Gasteiger partial charge in [-0.2, -0.15) is 27.1 Å². The number of hydrogen-bond donors (Lipinski definition) is 3. The van der Waals surface area contributed by atoms with Crippen LogP contribution in [0, 0.1) is 5.82 Å². The number of carbonyl (C=O) groups is 1. The number of aryl methyl sites for hydroxylation is 1. The minimum absolute atomic E-state index is 0.263. The van der Waals surface area contributed by atoms with Gasteiger partial charge < -0.3 is 15.4 Å². The molecule has 4 rings (SSSR count). The summed E-state index contributed by atoms with van der Waals surface area (Å²) < 4.78 is 108. The van der Waals surface area contributed by atoms with Crippen molar-refractivity contribution in [2.45, 2.75) is 43.3 Å². The number of pyridine rings is 1. The first-order valence-electron chi connectivity index (χ1n) is 9.95. The molecule has 1 atom stereocenters. The Labute approximate surface area is 194 Å². The third kappa shape index (κ3) is 3.68. The van der Waals surface area contributed by atoms with Crippen molar-refractivity contribution >= 4 is 22.8 Å². The molecule has 4 heterocycles. The fourth-order valence-corrected chi connectivity index (χ4v) is 3.75. The Morgan fingerprint density at radius 3 is 2.42 bits per heavy atom. The number of aromatic nitrogens is 5. The quantitative estimate of drug-likeness (QED) is 0.425. The molecule has 3 aromatic rings. The van der Waals surface area contributed by atoms with E-state index >= 15 is 0 Å². The van der Waals surface area contributed by atoms with Crippen molar-refractivity contribution in [1.82, 2.24) is 24.7 Å². The molecule has 9 nitrogen and oxygen atoms in total. The van der Waals surface area contributed by atoms with E-state index in [4.69, 9.17) is 5.11 Å². The summed E-state index contributed by atoms with van der Waals surface area (Å²) in [6.07, 6.45) is -6.94. The number of hydrogen-bond acceptors (Lipinski definition) is 6. The first kappa shape index (κ1) is 25.5. The highest BCUT2D eigenvalue weighted by atomic mass is 19.4. The molecule has 1 unspecified atom stereocenters. The molecule has 0 saturated heterocycles. The molecule has 0 fully saturated rings. The number of aromatic amines is 1. The summed E-state index contributed by atoms with van der Waals surface area (Å²) in [4.78, 5) is 34.7. The molecule has 0 aromatic carbocycles. The van der Waals surface area contributed by atoms with E-state index in [0.29, 0.717) is 17.8 Å². The van der Waals surface area contributed by atoms with Crippen LogP contribution in [0.3, 0.4) is 0 Å². The molecule has 0 bridgehead atoms. The van der Waals surface area contributed by atoms with Crippen molar-refractivity contribution in [3.63, 3.8) is 0 Å². The number of amides is 1. The van der Waals surface area contributed by atoms with Gasteiger partial charge in [-0.3, -0.25) is 9.59 Å². The normalized spacial score (nSPS) is 18.6. The summed E-state index contributed by atoms with van der Waals surface area (Å²) >= 11 is 0. The van der Waals surface area contributed by atoms with Crippen molar-refractivity contribution in [2.75, 3.05) is 11.9 Å². The van der Waals surface area contributed by atoms with E-state index in [1.165, 1.54) is 0 Å². The van der Waals surface area contributed by atoms with Crippen LogP contribution in [0.4, 0.5) is 40.9 Å². The van der Waals surface area contributed by atoms with E-state index in [1.54, 1.807) is 0 Å². The second kappa shape index (κ2) is 7.94. The van der Waals surface area contributed by atoms with Crippen LogP contribution in [0.15, 0.2) is 17.1 Å². The Kier molecular flexibility index (Phi) is 5.62. The van der Waals surface area contributed by atoms with Crippen LogP contribution in [-0.4, -0.2) is 60.4 Å². The molecule has 0 spiro atoms. The maximum atomic E-state index is 14.4. The topological polar surface area (TPSA) is 126 Å². The maximum absolute atomic E-state index is 14.4. The number of nitrogens with zero attached hydrogens (tertiary/aromatic N) is 4. The van der Waals surface area contributed by atoms with Gasteiger partial charge in [-0.05, 0) is 13.0 Å². The van der Waals surface area contributed by atoms with Gasteiger partial charge in [0.05, 0.1) is 17.1 Å². The average molecular weight is 526 g/mol. The van der Waals surface area contributed by atoms with Crippen LogP contribution in [0.2, 0.25) is 0 Å². The van der Waals surface area contributed by atoms with E-state index in [-0.39, 0.29) is 11.0 Å². The molecular weight excluding hydrogens is 512 g/mol. The Morgan fingerprint density at radius 1 is 1.14 bits per heavy atom. The molecule has 3 N–H and O–H groups in total. The van der Waals surface area contributed by atoms with Crippen molar-refractivity contribution in [3.8, 4) is 11.5 Å². The van der Waals surface area contributed by atoms with Gasteiger partial charge in [-0.25, -0.2) is 27.8 Å². The minimum atomic E-state index is -5.84. The lowest BCUT2D eigenvalue weighted by molar-refractivity contribution is -0.285. The van der Waals surface area contributed by atoms with Crippen molar-refractivity contribution < 1.29 is 45.0 Å². The lowest BCUT2D eigenvalue weighted by Gasteiger charge is -2.29. The second-order valence-corrected chi connectivity index (χ2v) is 8.13. The van der Waals surface area contributed by atoms with Gasteiger partial charge in [0, 0.05) is 13.0 Å². The van der Waals surface area contributed by atoms with Crippen LogP contribution in [-0.2, 0) is 16.8 Å². The average Bonchev–Trinajstić information content (AvgIpc) is 3.26. The smallest absolute Gasteiger partial charge is 0.390 e. The predicted molar refractivity (Wildman–Crippen MR) is 105 cm³/mol. The molecule has 1 aliphatic rings. The fraction of sp³-hybridized carbons (Fsp3) is 0.421. The largest absolute Gasteiger partial charge is 0.453 e. The van der Waals surface area contributed by atoms with Crippen LogP contribution in [0.25, 0.3) is 22.6 Å². The number of halogens is 8. The van der Waals surface area contributed by atoms with Crippen molar-refractivity contribution in [3.05, 3.63) is 34.0 Å². The maximum Gasteiger partial charge on any atom is 0.453 e. The number of anilines is 1. The summed E-state index contributed by atoms with van der Waals surface area (Å²) in [6, 6.07) is 0.791. The first-order valence-corrected chi connectivity index (χ1v) is 9.95. The number of carbonyl (C=O) groups excluding carboxylic acids is 1. The third-order valence-corrected chi connectivity index (χ3v) is 5.87. The van der Waals surface area contributed by atoms with E-state index in [0.717, 1.165) is 6.07 Å². The lowest BCUT2D eigenvalue weighted by Crippen LogP contribution is -2.52.